The standard InChI is InChI=1S/C14H16N2O2S/c1-9(2)12-8-15-14(19-12)16-13(18)7-10-3-5-11(17)6-4-10/h3-6,8-9,17H,7H2,1-2H3,(H,15,16,18). The van der Waals surface area contributed by atoms with Gasteiger partial charge in [0.05, 0.1) is 6.42 Å². The van der Waals surface area contributed by atoms with Gasteiger partial charge in [0.25, 0.3) is 0 Å². The zero-order chi connectivity index (χ0) is 13.8. The molecule has 0 radical (unpaired) electrons. The third-order valence-corrected chi connectivity index (χ3v) is 3.85. The predicted octanol–water partition coefficient (Wildman–Crippen LogP) is 3.15. The molecule has 0 saturated heterocycles. The molecule has 19 heavy (non-hydrogen) atoms. The fourth-order valence-electron chi connectivity index (χ4n) is 1.57. The van der Waals surface area contributed by atoms with E-state index < -0.39 is 0 Å². The van der Waals surface area contributed by atoms with E-state index in [4.69, 9.17) is 0 Å². The monoisotopic (exact) mass is 276 g/mol. The second kappa shape index (κ2) is 5.84. The number of benzene rings is 1. The van der Waals surface area contributed by atoms with E-state index in [1.54, 1.807) is 30.5 Å². The normalized spacial score (nSPS) is 10.7. The number of phenols is 1. The summed E-state index contributed by atoms with van der Waals surface area (Å²) in [6, 6.07) is 6.61. The lowest BCUT2D eigenvalue weighted by Gasteiger charge is -2.02. The van der Waals surface area contributed by atoms with E-state index in [1.165, 1.54) is 11.3 Å². The van der Waals surface area contributed by atoms with Crippen molar-refractivity contribution in [1.29, 1.82) is 0 Å². The van der Waals surface area contributed by atoms with Crippen LogP contribution in [-0.4, -0.2) is 16.0 Å². The summed E-state index contributed by atoms with van der Waals surface area (Å²) in [4.78, 5) is 17.2. The molecule has 0 unspecified atom stereocenters. The Morgan fingerprint density at radius 3 is 2.63 bits per heavy atom. The smallest absolute Gasteiger partial charge is 0.230 e. The van der Waals surface area contributed by atoms with Gasteiger partial charge in [0, 0.05) is 11.1 Å². The van der Waals surface area contributed by atoms with Crippen LogP contribution in [0.15, 0.2) is 30.5 Å². The molecule has 0 saturated carbocycles. The molecule has 2 N–H and O–H groups in total. The minimum absolute atomic E-state index is 0.102. The van der Waals surface area contributed by atoms with Crippen LogP contribution in [0.4, 0.5) is 5.13 Å². The van der Waals surface area contributed by atoms with Crippen molar-refractivity contribution in [2.75, 3.05) is 5.32 Å². The van der Waals surface area contributed by atoms with Crippen molar-refractivity contribution in [3.63, 3.8) is 0 Å². The molecule has 1 aromatic carbocycles. The first-order chi connectivity index (χ1) is 9.04. The van der Waals surface area contributed by atoms with Gasteiger partial charge in [-0.25, -0.2) is 4.98 Å². The maximum atomic E-state index is 11.8. The van der Waals surface area contributed by atoms with Crippen molar-refractivity contribution in [3.8, 4) is 5.75 Å². The topological polar surface area (TPSA) is 62.2 Å². The summed E-state index contributed by atoms with van der Waals surface area (Å²) >= 11 is 1.50. The zero-order valence-corrected chi connectivity index (χ0v) is 11.7. The SMILES string of the molecule is CC(C)c1cnc(NC(=O)Cc2ccc(O)cc2)s1. The highest BCUT2D eigenvalue weighted by Crippen LogP contribution is 2.25. The fraction of sp³-hybridized carbons (Fsp3) is 0.286. The Hall–Kier alpha value is -1.88. The lowest BCUT2D eigenvalue weighted by atomic mass is 10.1. The number of aromatic hydroxyl groups is 1. The molecular weight excluding hydrogens is 260 g/mol. The molecule has 0 aliphatic heterocycles. The van der Waals surface area contributed by atoms with Gasteiger partial charge in [-0.05, 0) is 23.6 Å². The molecule has 5 heteroatoms. The maximum absolute atomic E-state index is 11.8. The van der Waals surface area contributed by atoms with Gasteiger partial charge in [0.1, 0.15) is 5.75 Å². The summed E-state index contributed by atoms with van der Waals surface area (Å²) in [6.07, 6.45) is 2.07. The van der Waals surface area contributed by atoms with Crippen LogP contribution in [0, 0.1) is 0 Å². The van der Waals surface area contributed by atoms with Gasteiger partial charge in [0.15, 0.2) is 5.13 Å². The Morgan fingerprint density at radius 1 is 1.37 bits per heavy atom. The van der Waals surface area contributed by atoms with E-state index >= 15 is 0 Å². The number of carbonyl (C=O) groups is 1. The third-order valence-electron chi connectivity index (χ3n) is 2.64. The van der Waals surface area contributed by atoms with Crippen LogP contribution < -0.4 is 5.32 Å². The first-order valence-corrected chi connectivity index (χ1v) is 6.89. The molecule has 1 heterocycles. The first-order valence-electron chi connectivity index (χ1n) is 6.08. The Bertz CT molecular complexity index is 561. The average molecular weight is 276 g/mol. The van der Waals surface area contributed by atoms with Crippen molar-refractivity contribution in [3.05, 3.63) is 40.9 Å². The molecule has 0 atom stereocenters. The summed E-state index contributed by atoms with van der Waals surface area (Å²) in [5.41, 5.74) is 0.857. The number of hydrogen-bond donors (Lipinski definition) is 2. The molecule has 2 aromatic rings. The molecule has 1 aromatic heterocycles. The Kier molecular flexibility index (Phi) is 4.16. The number of hydrogen-bond acceptors (Lipinski definition) is 4. The molecule has 1 amide bonds. The molecule has 2 rings (SSSR count). The Morgan fingerprint density at radius 2 is 2.05 bits per heavy atom. The van der Waals surface area contributed by atoms with Gasteiger partial charge in [-0.3, -0.25) is 4.79 Å². The van der Waals surface area contributed by atoms with Crippen LogP contribution in [0.25, 0.3) is 0 Å². The van der Waals surface area contributed by atoms with Gasteiger partial charge >= 0.3 is 0 Å². The zero-order valence-electron chi connectivity index (χ0n) is 10.9. The van der Waals surface area contributed by atoms with Gasteiger partial charge in [-0.1, -0.05) is 26.0 Å². The molecule has 4 nitrogen and oxygen atoms in total. The van der Waals surface area contributed by atoms with Crippen LogP contribution in [0.3, 0.4) is 0 Å². The molecule has 0 spiro atoms. The van der Waals surface area contributed by atoms with Crippen LogP contribution in [0.5, 0.6) is 5.75 Å². The van der Waals surface area contributed by atoms with E-state index in [2.05, 4.69) is 24.1 Å². The number of nitrogens with zero attached hydrogens (tertiary/aromatic N) is 1. The largest absolute Gasteiger partial charge is 0.508 e. The van der Waals surface area contributed by atoms with Crippen molar-refractivity contribution in [1.82, 2.24) is 4.98 Å². The summed E-state index contributed by atoms with van der Waals surface area (Å²) < 4.78 is 0. The number of aromatic nitrogens is 1. The number of anilines is 1. The summed E-state index contributed by atoms with van der Waals surface area (Å²) in [5, 5.41) is 12.6. The van der Waals surface area contributed by atoms with Gasteiger partial charge in [0.2, 0.25) is 5.91 Å². The number of thiazole rings is 1. The number of amides is 1. The predicted molar refractivity (Wildman–Crippen MR) is 76.6 cm³/mol. The molecular formula is C14H16N2O2S. The number of phenolic OH excluding ortho intramolecular Hbond substituents is 1. The van der Waals surface area contributed by atoms with Crippen molar-refractivity contribution < 1.29 is 9.90 Å². The van der Waals surface area contributed by atoms with Crippen molar-refractivity contribution in [2.24, 2.45) is 0 Å². The molecule has 0 aliphatic rings. The lowest BCUT2D eigenvalue weighted by Crippen LogP contribution is -2.13. The van der Waals surface area contributed by atoms with Gasteiger partial charge in [-0.15, -0.1) is 11.3 Å². The lowest BCUT2D eigenvalue weighted by molar-refractivity contribution is -0.115. The maximum Gasteiger partial charge on any atom is 0.230 e. The molecule has 0 aliphatic carbocycles. The summed E-state index contributed by atoms with van der Waals surface area (Å²) in [7, 11) is 0. The van der Waals surface area contributed by atoms with Gasteiger partial charge < -0.3 is 10.4 Å². The van der Waals surface area contributed by atoms with E-state index in [-0.39, 0.29) is 18.1 Å². The second-order valence-electron chi connectivity index (χ2n) is 4.61. The second-order valence-corrected chi connectivity index (χ2v) is 5.68. The van der Waals surface area contributed by atoms with Gasteiger partial charge in [-0.2, -0.15) is 0 Å². The van der Waals surface area contributed by atoms with Crippen molar-refractivity contribution in [2.45, 2.75) is 26.2 Å². The molecule has 0 bridgehead atoms. The minimum atomic E-state index is -0.102. The van der Waals surface area contributed by atoms with Crippen LogP contribution in [0.1, 0.15) is 30.2 Å². The summed E-state index contributed by atoms with van der Waals surface area (Å²) in [6.45, 7) is 4.19. The quantitative estimate of drug-likeness (QED) is 0.901. The Labute approximate surface area is 116 Å². The van der Waals surface area contributed by atoms with E-state index in [1.807, 2.05) is 0 Å². The molecule has 100 valence electrons. The summed E-state index contributed by atoms with van der Waals surface area (Å²) in [5.74, 6) is 0.515. The average Bonchev–Trinajstić information content (AvgIpc) is 2.80. The highest BCUT2D eigenvalue weighted by atomic mass is 32.1. The number of nitrogens with one attached hydrogen (secondary N) is 1. The number of rotatable bonds is 4. The van der Waals surface area contributed by atoms with E-state index in [9.17, 15) is 9.90 Å². The third kappa shape index (κ3) is 3.79. The highest BCUT2D eigenvalue weighted by Gasteiger charge is 2.09. The van der Waals surface area contributed by atoms with E-state index in [0.29, 0.717) is 11.0 Å². The molecule has 0 fully saturated rings. The van der Waals surface area contributed by atoms with Crippen LogP contribution >= 0.6 is 11.3 Å². The highest BCUT2D eigenvalue weighted by molar-refractivity contribution is 7.15. The first kappa shape index (κ1) is 13.5. The van der Waals surface area contributed by atoms with Crippen LogP contribution in [-0.2, 0) is 11.2 Å². The van der Waals surface area contributed by atoms with Crippen LogP contribution in [0.2, 0.25) is 0 Å². The number of carbonyl (C=O) groups excluding carboxylic acids is 1. The minimum Gasteiger partial charge on any atom is -0.508 e. The van der Waals surface area contributed by atoms with E-state index in [0.717, 1.165) is 10.4 Å². The van der Waals surface area contributed by atoms with Crippen molar-refractivity contribution >= 4 is 22.4 Å². The fourth-order valence-corrected chi connectivity index (χ4v) is 2.41. The Balaban J connectivity index is 1.95.